The van der Waals surface area contributed by atoms with Gasteiger partial charge in [0, 0.05) is 0 Å². The Balaban J connectivity index is 2.16. The first-order valence-corrected chi connectivity index (χ1v) is 4.35. The average molecular weight is 174 g/mol. The van der Waals surface area contributed by atoms with Gasteiger partial charge in [-0.1, -0.05) is 18.5 Å². The smallest absolute Gasteiger partial charge is 0.227 e. The van der Waals surface area contributed by atoms with E-state index in [1.54, 1.807) is 0 Å². The summed E-state index contributed by atoms with van der Waals surface area (Å²) in [7, 11) is 5.63. The Kier molecular flexibility index (Phi) is 2.14. The monoisotopic (exact) mass is 174 g/mol. The number of anilines is 1. The van der Waals surface area contributed by atoms with Gasteiger partial charge >= 0.3 is 0 Å². The summed E-state index contributed by atoms with van der Waals surface area (Å²) in [6, 6.07) is 5.57. The second-order valence-corrected chi connectivity index (χ2v) is 2.96. The van der Waals surface area contributed by atoms with E-state index in [0.717, 1.165) is 23.4 Å². The summed E-state index contributed by atoms with van der Waals surface area (Å²) < 4.78 is 5.52. The van der Waals surface area contributed by atoms with Crippen LogP contribution < -0.4 is 20.8 Å². The molecule has 0 saturated heterocycles. The highest BCUT2D eigenvalue weighted by molar-refractivity contribution is 6.32. The van der Waals surface area contributed by atoms with Crippen molar-refractivity contribution in [3.8, 4) is 5.75 Å². The molecule has 1 aliphatic heterocycles. The summed E-state index contributed by atoms with van der Waals surface area (Å²) in [4.78, 5) is 0. The number of hydrogen-bond donors (Lipinski definition) is 2. The average Bonchev–Trinajstić information content (AvgIpc) is 2.46. The van der Waals surface area contributed by atoms with Crippen molar-refractivity contribution in [2.45, 2.75) is 13.3 Å². The Bertz CT molecular complexity index is 316. The van der Waals surface area contributed by atoms with Gasteiger partial charge in [-0.05, 0) is 18.7 Å². The SMILES string of the molecule is [B]c1ccc2c(c1)NC(NCC)O2. The Morgan fingerprint density at radius 1 is 1.62 bits per heavy atom. The Labute approximate surface area is 78.9 Å². The zero-order valence-electron chi connectivity index (χ0n) is 7.50. The van der Waals surface area contributed by atoms with Gasteiger partial charge in [0.2, 0.25) is 6.35 Å². The molecule has 2 rings (SSSR count). The molecule has 0 amide bonds. The van der Waals surface area contributed by atoms with Crippen LogP contribution in [0.5, 0.6) is 5.75 Å². The predicted octanol–water partition coefficient (Wildman–Crippen LogP) is 0.178. The van der Waals surface area contributed by atoms with Gasteiger partial charge in [-0.3, -0.25) is 5.32 Å². The number of hydrogen-bond acceptors (Lipinski definition) is 3. The minimum absolute atomic E-state index is 0.123. The second kappa shape index (κ2) is 3.30. The van der Waals surface area contributed by atoms with Crippen LogP contribution in [-0.4, -0.2) is 20.7 Å². The first-order valence-electron chi connectivity index (χ1n) is 4.35. The molecule has 1 atom stereocenters. The topological polar surface area (TPSA) is 33.3 Å². The van der Waals surface area contributed by atoms with Crippen LogP contribution in [0.2, 0.25) is 0 Å². The molecule has 0 fully saturated rings. The van der Waals surface area contributed by atoms with Gasteiger partial charge in [-0.15, -0.1) is 0 Å². The van der Waals surface area contributed by atoms with Crippen LogP contribution in [0.4, 0.5) is 5.69 Å². The van der Waals surface area contributed by atoms with Gasteiger partial charge in [0.25, 0.3) is 0 Å². The highest BCUT2D eigenvalue weighted by Crippen LogP contribution is 2.29. The zero-order chi connectivity index (χ0) is 9.26. The van der Waals surface area contributed by atoms with E-state index in [0.29, 0.717) is 0 Å². The Hall–Kier alpha value is -1.16. The summed E-state index contributed by atoms with van der Waals surface area (Å²) >= 11 is 0. The van der Waals surface area contributed by atoms with Gasteiger partial charge in [-0.2, -0.15) is 0 Å². The molecular weight excluding hydrogens is 163 g/mol. The number of benzene rings is 1. The molecule has 13 heavy (non-hydrogen) atoms. The van der Waals surface area contributed by atoms with Gasteiger partial charge in [0.15, 0.2) is 0 Å². The van der Waals surface area contributed by atoms with Crippen LogP contribution in [0.1, 0.15) is 6.92 Å². The van der Waals surface area contributed by atoms with Crippen LogP contribution in [0, 0.1) is 0 Å². The second-order valence-electron chi connectivity index (χ2n) is 2.96. The van der Waals surface area contributed by atoms with E-state index in [4.69, 9.17) is 12.6 Å². The van der Waals surface area contributed by atoms with Gasteiger partial charge in [-0.25, -0.2) is 0 Å². The van der Waals surface area contributed by atoms with Crippen molar-refractivity contribution >= 4 is 19.0 Å². The predicted molar refractivity (Wildman–Crippen MR) is 53.5 cm³/mol. The van der Waals surface area contributed by atoms with E-state index >= 15 is 0 Å². The molecule has 1 aliphatic rings. The molecule has 66 valence electrons. The molecule has 4 heteroatoms. The van der Waals surface area contributed by atoms with Crippen LogP contribution in [0.25, 0.3) is 0 Å². The molecule has 1 unspecified atom stereocenters. The van der Waals surface area contributed by atoms with Crippen LogP contribution in [0.15, 0.2) is 18.2 Å². The number of nitrogens with one attached hydrogen (secondary N) is 2. The Morgan fingerprint density at radius 3 is 3.23 bits per heavy atom. The molecule has 0 saturated carbocycles. The van der Waals surface area contributed by atoms with Crippen molar-refractivity contribution in [2.24, 2.45) is 0 Å². The minimum atomic E-state index is -0.123. The quantitative estimate of drug-likeness (QED) is 0.627. The van der Waals surface area contributed by atoms with Crippen LogP contribution in [0.3, 0.4) is 0 Å². The lowest BCUT2D eigenvalue weighted by molar-refractivity contribution is 0.215. The number of rotatable bonds is 2. The van der Waals surface area contributed by atoms with Crippen LogP contribution >= 0.6 is 0 Å². The first kappa shape index (κ1) is 8.44. The summed E-state index contributed by atoms with van der Waals surface area (Å²) in [5.74, 6) is 0.847. The third-order valence-corrected chi connectivity index (χ3v) is 1.92. The minimum Gasteiger partial charge on any atom is -0.455 e. The third kappa shape index (κ3) is 1.63. The molecule has 0 aromatic heterocycles. The summed E-state index contributed by atoms with van der Waals surface area (Å²) in [6.07, 6.45) is -0.123. The highest BCUT2D eigenvalue weighted by Gasteiger charge is 2.19. The maximum atomic E-state index is 5.63. The zero-order valence-corrected chi connectivity index (χ0v) is 7.50. The lowest BCUT2D eigenvalue weighted by atomic mass is 9.96. The van der Waals surface area contributed by atoms with Crippen molar-refractivity contribution in [3.05, 3.63) is 18.2 Å². The molecule has 1 aromatic rings. The van der Waals surface area contributed by atoms with E-state index in [1.165, 1.54) is 0 Å². The van der Waals surface area contributed by atoms with Crippen LogP contribution in [-0.2, 0) is 0 Å². The van der Waals surface area contributed by atoms with Crippen molar-refractivity contribution in [2.75, 3.05) is 11.9 Å². The van der Waals surface area contributed by atoms with Crippen molar-refractivity contribution < 1.29 is 4.74 Å². The molecule has 0 bridgehead atoms. The summed E-state index contributed by atoms with van der Waals surface area (Å²) in [5.41, 5.74) is 1.69. The molecule has 1 aromatic carbocycles. The highest BCUT2D eigenvalue weighted by atomic mass is 16.5. The van der Waals surface area contributed by atoms with E-state index in [9.17, 15) is 0 Å². The fraction of sp³-hybridized carbons (Fsp3) is 0.333. The van der Waals surface area contributed by atoms with E-state index < -0.39 is 0 Å². The molecular formula is C9H11BN2O. The fourth-order valence-corrected chi connectivity index (χ4v) is 1.34. The first-order chi connectivity index (χ1) is 6.29. The number of fused-ring (bicyclic) bond motifs is 1. The van der Waals surface area contributed by atoms with Gasteiger partial charge in [0.05, 0.1) is 5.69 Å². The normalized spacial score (nSPS) is 19.0. The van der Waals surface area contributed by atoms with E-state index in [-0.39, 0.29) is 6.35 Å². The lowest BCUT2D eigenvalue weighted by Gasteiger charge is -2.10. The summed E-state index contributed by atoms with van der Waals surface area (Å²) in [5, 5.41) is 6.30. The third-order valence-electron chi connectivity index (χ3n) is 1.92. The fourth-order valence-electron chi connectivity index (χ4n) is 1.34. The van der Waals surface area contributed by atoms with E-state index in [2.05, 4.69) is 10.6 Å². The molecule has 2 radical (unpaired) electrons. The molecule has 1 heterocycles. The van der Waals surface area contributed by atoms with Crippen molar-refractivity contribution in [1.29, 1.82) is 0 Å². The largest absolute Gasteiger partial charge is 0.455 e. The molecule has 3 nitrogen and oxygen atoms in total. The molecule has 2 N–H and O–H groups in total. The van der Waals surface area contributed by atoms with E-state index in [1.807, 2.05) is 25.1 Å². The maximum Gasteiger partial charge on any atom is 0.227 e. The standard InChI is InChI=1S/C9H11BN2O/c1-2-11-9-12-7-5-6(10)3-4-8(7)13-9/h3-5,9,11-12H,2H2,1H3. The van der Waals surface area contributed by atoms with Crippen molar-refractivity contribution in [1.82, 2.24) is 5.32 Å². The Morgan fingerprint density at radius 2 is 2.46 bits per heavy atom. The van der Waals surface area contributed by atoms with Gasteiger partial charge < -0.3 is 10.1 Å². The molecule has 0 aliphatic carbocycles. The van der Waals surface area contributed by atoms with Gasteiger partial charge in [0.1, 0.15) is 13.6 Å². The lowest BCUT2D eigenvalue weighted by Crippen LogP contribution is -2.37. The summed E-state index contributed by atoms with van der Waals surface area (Å²) in [6.45, 7) is 2.89. The van der Waals surface area contributed by atoms with Crippen molar-refractivity contribution in [3.63, 3.8) is 0 Å². The number of ether oxygens (including phenoxy) is 1. The molecule has 0 spiro atoms. The maximum absolute atomic E-state index is 5.63.